The van der Waals surface area contributed by atoms with Gasteiger partial charge in [-0.25, -0.2) is 4.79 Å². The van der Waals surface area contributed by atoms with E-state index in [0.29, 0.717) is 11.2 Å². The number of hydrogen-bond acceptors (Lipinski definition) is 5. The highest BCUT2D eigenvalue weighted by molar-refractivity contribution is 6.06. The molecule has 0 unspecified atom stereocenters. The van der Waals surface area contributed by atoms with Crippen LogP contribution in [0.4, 0.5) is 5.69 Å². The number of aromatic hydroxyl groups is 1. The maximum atomic E-state index is 11.0. The molecule has 1 aliphatic carbocycles. The number of carboxylic acids is 1. The van der Waals surface area contributed by atoms with E-state index in [1.165, 1.54) is 38.2 Å². The number of rotatable bonds is 2. The van der Waals surface area contributed by atoms with Gasteiger partial charge in [-0.2, -0.15) is 0 Å². The summed E-state index contributed by atoms with van der Waals surface area (Å²) >= 11 is 0. The number of aryl methyl sites for hydroxylation is 1. The van der Waals surface area contributed by atoms with Crippen molar-refractivity contribution in [3.8, 4) is 5.75 Å². The number of nitrogen functional groups attached to an aromatic ring is 1. The third-order valence-corrected chi connectivity index (χ3v) is 4.48. The van der Waals surface area contributed by atoms with Crippen LogP contribution in [0.25, 0.3) is 10.9 Å². The Hall–Kier alpha value is -2.34. The van der Waals surface area contributed by atoms with Crippen molar-refractivity contribution in [2.75, 3.05) is 12.3 Å². The highest BCUT2D eigenvalue weighted by Gasteiger charge is 2.17. The van der Waals surface area contributed by atoms with Gasteiger partial charge in [-0.1, -0.05) is 25.3 Å². The molecule has 130 valence electrons. The summed E-state index contributed by atoms with van der Waals surface area (Å²) in [6, 6.07) is 4.75. The standard InChI is InChI=1S/C11H10N2O3.C7H15N/c1-5-8(11(15)16)10(12)9-6(13-5)3-2-4-7(9)14;8-6-7-4-2-1-3-5-7/h2-4,14H,1H3,(H2,12,13)(H,15,16);7H,1-6,8H2. The molecule has 0 bridgehead atoms. The number of nitrogens with zero attached hydrogens (tertiary/aromatic N) is 1. The van der Waals surface area contributed by atoms with Crippen molar-refractivity contribution < 1.29 is 15.0 Å². The molecule has 6 nitrogen and oxygen atoms in total. The summed E-state index contributed by atoms with van der Waals surface area (Å²) in [7, 11) is 0. The first-order chi connectivity index (χ1) is 11.5. The molecule has 0 amide bonds. The lowest BCUT2D eigenvalue weighted by molar-refractivity contribution is 0.0697. The quantitative estimate of drug-likeness (QED) is 0.671. The molecule has 6 N–H and O–H groups in total. The second kappa shape index (κ2) is 7.97. The van der Waals surface area contributed by atoms with Crippen molar-refractivity contribution in [1.29, 1.82) is 0 Å². The van der Waals surface area contributed by atoms with E-state index >= 15 is 0 Å². The maximum absolute atomic E-state index is 11.0. The molecule has 1 saturated carbocycles. The molecule has 3 rings (SSSR count). The zero-order chi connectivity index (χ0) is 17.7. The molecular weight excluding hydrogens is 306 g/mol. The smallest absolute Gasteiger partial charge is 0.339 e. The number of fused-ring (bicyclic) bond motifs is 1. The molecule has 0 saturated heterocycles. The first kappa shape index (κ1) is 18.0. The second-order valence-electron chi connectivity index (χ2n) is 6.20. The fraction of sp³-hybridized carbons (Fsp3) is 0.444. The third kappa shape index (κ3) is 3.94. The fourth-order valence-corrected chi connectivity index (χ4v) is 3.15. The highest BCUT2D eigenvalue weighted by Crippen LogP contribution is 2.32. The van der Waals surface area contributed by atoms with Gasteiger partial charge >= 0.3 is 5.97 Å². The zero-order valence-electron chi connectivity index (χ0n) is 14.0. The molecule has 24 heavy (non-hydrogen) atoms. The van der Waals surface area contributed by atoms with Crippen molar-refractivity contribution in [3.05, 3.63) is 29.5 Å². The number of nitrogens with two attached hydrogens (primary N) is 2. The number of phenols is 1. The van der Waals surface area contributed by atoms with Crippen LogP contribution in [0, 0.1) is 12.8 Å². The van der Waals surface area contributed by atoms with Crippen molar-refractivity contribution in [2.24, 2.45) is 11.7 Å². The topological polar surface area (TPSA) is 122 Å². The SMILES string of the molecule is Cc1nc2cccc(O)c2c(N)c1C(=O)O.NCC1CCCCC1. The zero-order valence-corrected chi connectivity index (χ0v) is 14.0. The molecule has 0 radical (unpaired) electrons. The lowest BCUT2D eigenvalue weighted by Crippen LogP contribution is -2.16. The van der Waals surface area contributed by atoms with Crippen LogP contribution >= 0.6 is 0 Å². The van der Waals surface area contributed by atoms with E-state index in [-0.39, 0.29) is 22.4 Å². The summed E-state index contributed by atoms with van der Waals surface area (Å²) in [6.45, 7) is 2.49. The minimum Gasteiger partial charge on any atom is -0.507 e. The highest BCUT2D eigenvalue weighted by atomic mass is 16.4. The Kier molecular flexibility index (Phi) is 5.98. The molecular formula is C18H25N3O3. The van der Waals surface area contributed by atoms with Gasteiger partial charge in [0, 0.05) is 0 Å². The predicted octanol–water partition coefficient (Wildman–Crippen LogP) is 3.05. The molecule has 0 aliphatic heterocycles. The summed E-state index contributed by atoms with van der Waals surface area (Å²) in [5.41, 5.74) is 12.1. The first-order valence-corrected chi connectivity index (χ1v) is 8.26. The van der Waals surface area contributed by atoms with Crippen LogP contribution in [0.2, 0.25) is 0 Å². The molecule has 1 fully saturated rings. The van der Waals surface area contributed by atoms with Crippen LogP contribution in [0.1, 0.15) is 48.2 Å². The molecule has 0 atom stereocenters. The first-order valence-electron chi connectivity index (χ1n) is 8.26. The minimum absolute atomic E-state index is 0.0492. The Bertz CT molecular complexity index is 725. The lowest BCUT2D eigenvalue weighted by atomic mass is 9.90. The number of carboxylic acid groups (broad SMARTS) is 1. The van der Waals surface area contributed by atoms with Gasteiger partial charge in [-0.3, -0.25) is 4.98 Å². The Morgan fingerprint density at radius 2 is 1.96 bits per heavy atom. The molecule has 1 heterocycles. The van der Waals surface area contributed by atoms with Crippen molar-refractivity contribution in [2.45, 2.75) is 39.0 Å². The number of phenolic OH excluding ortho intramolecular Hbond substituents is 1. The van der Waals surface area contributed by atoms with Gasteiger partial charge < -0.3 is 21.7 Å². The van der Waals surface area contributed by atoms with Gasteiger partial charge in [-0.05, 0) is 44.4 Å². The molecule has 2 aromatic rings. The van der Waals surface area contributed by atoms with Gasteiger partial charge in [-0.15, -0.1) is 0 Å². The Labute approximate surface area is 141 Å². The molecule has 6 heteroatoms. The Morgan fingerprint density at radius 1 is 1.29 bits per heavy atom. The predicted molar refractivity (Wildman–Crippen MR) is 95.1 cm³/mol. The molecule has 1 aliphatic rings. The van der Waals surface area contributed by atoms with E-state index in [0.717, 1.165) is 12.5 Å². The van der Waals surface area contributed by atoms with E-state index in [1.807, 2.05) is 0 Å². The van der Waals surface area contributed by atoms with Gasteiger partial charge in [0.2, 0.25) is 0 Å². The van der Waals surface area contributed by atoms with Crippen LogP contribution < -0.4 is 11.5 Å². The van der Waals surface area contributed by atoms with E-state index in [9.17, 15) is 9.90 Å². The van der Waals surface area contributed by atoms with E-state index in [1.54, 1.807) is 19.1 Å². The fourth-order valence-electron chi connectivity index (χ4n) is 3.15. The Morgan fingerprint density at radius 3 is 2.50 bits per heavy atom. The maximum Gasteiger partial charge on any atom is 0.339 e. The lowest BCUT2D eigenvalue weighted by Gasteiger charge is -2.18. The van der Waals surface area contributed by atoms with Crippen LogP contribution in [-0.2, 0) is 0 Å². The van der Waals surface area contributed by atoms with Crippen molar-refractivity contribution in [1.82, 2.24) is 4.98 Å². The Balaban J connectivity index is 0.000000219. The number of benzene rings is 1. The second-order valence-corrected chi connectivity index (χ2v) is 6.20. The van der Waals surface area contributed by atoms with Gasteiger partial charge in [0.25, 0.3) is 0 Å². The summed E-state index contributed by atoms with van der Waals surface area (Å²) in [4.78, 5) is 15.1. The number of hydrogen-bond donors (Lipinski definition) is 4. The number of carbonyl (C=O) groups is 1. The average Bonchev–Trinajstić information content (AvgIpc) is 2.55. The third-order valence-electron chi connectivity index (χ3n) is 4.48. The van der Waals surface area contributed by atoms with Crippen LogP contribution in [0.3, 0.4) is 0 Å². The average molecular weight is 331 g/mol. The number of anilines is 1. The minimum atomic E-state index is -1.15. The number of pyridine rings is 1. The van der Waals surface area contributed by atoms with Gasteiger partial charge in [0.1, 0.15) is 11.3 Å². The van der Waals surface area contributed by atoms with Crippen molar-refractivity contribution >= 4 is 22.6 Å². The summed E-state index contributed by atoms with van der Waals surface area (Å²) in [5.74, 6) is -0.346. The van der Waals surface area contributed by atoms with Crippen LogP contribution in [-0.4, -0.2) is 27.7 Å². The van der Waals surface area contributed by atoms with E-state index < -0.39 is 5.97 Å². The van der Waals surface area contributed by atoms with E-state index in [2.05, 4.69) is 4.98 Å². The van der Waals surface area contributed by atoms with Gasteiger partial charge in [0.05, 0.1) is 22.3 Å². The van der Waals surface area contributed by atoms with E-state index in [4.69, 9.17) is 16.6 Å². The number of aromatic carboxylic acids is 1. The summed E-state index contributed by atoms with van der Waals surface area (Å²) in [6.07, 6.45) is 7.05. The monoisotopic (exact) mass is 331 g/mol. The van der Waals surface area contributed by atoms with Crippen molar-refractivity contribution in [3.63, 3.8) is 0 Å². The summed E-state index contributed by atoms with van der Waals surface area (Å²) < 4.78 is 0. The largest absolute Gasteiger partial charge is 0.507 e. The normalized spacial score (nSPS) is 14.9. The molecule has 1 aromatic heterocycles. The van der Waals surface area contributed by atoms with Crippen LogP contribution in [0.15, 0.2) is 18.2 Å². The number of aromatic nitrogens is 1. The molecule has 0 spiro atoms. The van der Waals surface area contributed by atoms with Gasteiger partial charge in [0.15, 0.2) is 0 Å². The molecule has 1 aromatic carbocycles. The van der Waals surface area contributed by atoms with Crippen LogP contribution in [0.5, 0.6) is 5.75 Å². The summed E-state index contributed by atoms with van der Waals surface area (Å²) in [5, 5.41) is 18.9.